The van der Waals surface area contributed by atoms with E-state index in [1.54, 1.807) is 4.80 Å². The summed E-state index contributed by atoms with van der Waals surface area (Å²) in [6.07, 6.45) is 1.35. The Morgan fingerprint density at radius 3 is 1.81 bits per heavy atom. The minimum Gasteiger partial charge on any atom is -0.478 e. The third-order valence-corrected chi connectivity index (χ3v) is 10.1. The number of hydrogen-bond donors (Lipinski definition) is 1. The van der Waals surface area contributed by atoms with Gasteiger partial charge in [-0.1, -0.05) is 151 Å². The summed E-state index contributed by atoms with van der Waals surface area (Å²) in [4.78, 5) is 18.9. The molecule has 0 atom stereocenters. The summed E-state index contributed by atoms with van der Waals surface area (Å²) in [5, 5.41) is 25.4. The average molecular weight is 692 g/mol. The van der Waals surface area contributed by atoms with Gasteiger partial charge < -0.3 is 5.11 Å². The Morgan fingerprint density at radius 1 is 0.660 bits per heavy atom. The van der Waals surface area contributed by atoms with E-state index in [4.69, 9.17) is 20.4 Å². The van der Waals surface area contributed by atoms with Crippen LogP contribution >= 0.6 is 0 Å². The molecule has 0 fully saturated rings. The first-order chi connectivity index (χ1) is 25.9. The number of fused-ring (bicyclic) bond motifs is 1. The molecule has 1 N–H and O–H groups in total. The summed E-state index contributed by atoms with van der Waals surface area (Å²) in [7, 11) is 0. The van der Waals surface area contributed by atoms with E-state index in [1.165, 1.54) is 0 Å². The number of nitrogens with zero attached hydrogens (tertiary/aromatic N) is 5. The Kier molecular flexibility index (Phi) is 8.90. The summed E-state index contributed by atoms with van der Waals surface area (Å²) in [5.74, 6) is -0.399. The van der Waals surface area contributed by atoms with Crippen LogP contribution in [0.5, 0.6) is 0 Å². The van der Waals surface area contributed by atoms with Gasteiger partial charge in [0.2, 0.25) is 5.82 Å². The highest BCUT2D eigenvalue weighted by Crippen LogP contribution is 2.40. The Balaban J connectivity index is 1.13. The molecule has 0 unspecified atom stereocenters. The molecule has 0 spiro atoms. The molecule has 258 valence electrons. The van der Waals surface area contributed by atoms with Gasteiger partial charge in [-0.05, 0) is 83.0 Å². The molecule has 8 rings (SSSR count). The van der Waals surface area contributed by atoms with Crippen LogP contribution in [0.15, 0.2) is 158 Å². The maximum absolute atomic E-state index is 12.3. The van der Waals surface area contributed by atoms with Gasteiger partial charge in [-0.3, -0.25) is 4.98 Å². The van der Waals surface area contributed by atoms with Crippen LogP contribution in [-0.4, -0.2) is 36.3 Å². The van der Waals surface area contributed by atoms with Crippen LogP contribution in [0.3, 0.4) is 0 Å². The standard InChI is InChI=1S/C46H37N5O2/c1-31-22-28-42-40(30-31)43(45(52)53)32(2)41(47-42)29-25-33-23-26-34(27-24-33)38-20-12-13-21-39(38)44-48-50-51(49-44)46(35-14-6-3-7-15-35,36-16-8-4-9-17-36)37-18-10-5-11-19-37/h3-24,26-28,30H,25,29H2,1-2H3,(H,52,53). The summed E-state index contributed by atoms with van der Waals surface area (Å²) in [6.45, 7) is 3.83. The number of pyridine rings is 1. The molecular weight excluding hydrogens is 655 g/mol. The number of aromatic nitrogens is 5. The lowest BCUT2D eigenvalue weighted by molar-refractivity contribution is 0.0698. The van der Waals surface area contributed by atoms with Gasteiger partial charge in [-0.15, -0.1) is 15.0 Å². The Hall–Kier alpha value is -6.73. The van der Waals surface area contributed by atoms with E-state index in [1.807, 2.05) is 105 Å². The Morgan fingerprint density at radius 2 is 1.23 bits per heavy atom. The van der Waals surface area contributed by atoms with Crippen LogP contribution in [-0.2, 0) is 18.4 Å². The zero-order valence-corrected chi connectivity index (χ0v) is 29.5. The molecule has 0 aliphatic rings. The highest BCUT2D eigenvalue weighted by atomic mass is 16.4. The quantitative estimate of drug-likeness (QED) is 0.144. The molecule has 0 saturated heterocycles. The van der Waals surface area contributed by atoms with Gasteiger partial charge in [0.25, 0.3) is 0 Å². The van der Waals surface area contributed by atoms with Crippen molar-refractivity contribution in [2.45, 2.75) is 32.2 Å². The molecule has 2 heterocycles. The Bertz CT molecular complexity index is 2450. The second kappa shape index (κ2) is 14.1. The molecule has 0 aliphatic carbocycles. The van der Waals surface area contributed by atoms with E-state index in [9.17, 15) is 9.90 Å². The summed E-state index contributed by atoms with van der Waals surface area (Å²) in [6, 6.07) is 53.4. The molecule has 0 saturated carbocycles. The highest BCUT2D eigenvalue weighted by Gasteiger charge is 2.41. The molecule has 0 radical (unpaired) electrons. The molecule has 0 bridgehead atoms. The monoisotopic (exact) mass is 691 g/mol. The van der Waals surface area contributed by atoms with Crippen molar-refractivity contribution in [2.75, 3.05) is 0 Å². The van der Waals surface area contributed by atoms with E-state index in [2.05, 4.69) is 66.7 Å². The van der Waals surface area contributed by atoms with Gasteiger partial charge in [-0.25, -0.2) is 4.79 Å². The zero-order valence-electron chi connectivity index (χ0n) is 29.5. The largest absolute Gasteiger partial charge is 0.478 e. The van der Waals surface area contributed by atoms with Crippen molar-refractivity contribution in [1.29, 1.82) is 0 Å². The normalized spacial score (nSPS) is 11.5. The second-order valence-corrected chi connectivity index (χ2v) is 13.3. The first-order valence-electron chi connectivity index (χ1n) is 17.7. The fourth-order valence-corrected chi connectivity index (χ4v) is 7.43. The van der Waals surface area contributed by atoms with Crippen molar-refractivity contribution < 1.29 is 9.90 Å². The van der Waals surface area contributed by atoms with E-state index >= 15 is 0 Å². The molecule has 53 heavy (non-hydrogen) atoms. The van der Waals surface area contributed by atoms with Crippen molar-refractivity contribution in [1.82, 2.24) is 25.2 Å². The molecular formula is C46H37N5O2. The fourth-order valence-electron chi connectivity index (χ4n) is 7.43. The highest BCUT2D eigenvalue weighted by molar-refractivity contribution is 6.04. The fraction of sp³-hybridized carbons (Fsp3) is 0.109. The summed E-state index contributed by atoms with van der Waals surface area (Å²) < 4.78 is 0. The van der Waals surface area contributed by atoms with Crippen LogP contribution in [0.25, 0.3) is 33.4 Å². The third kappa shape index (κ3) is 6.16. The number of benzene rings is 6. The van der Waals surface area contributed by atoms with Crippen molar-refractivity contribution in [3.8, 4) is 22.5 Å². The molecule has 7 nitrogen and oxygen atoms in total. The summed E-state index contributed by atoms with van der Waals surface area (Å²) >= 11 is 0. The first kappa shape index (κ1) is 33.4. The van der Waals surface area contributed by atoms with Gasteiger partial charge in [-0.2, -0.15) is 0 Å². The first-order valence-corrected chi connectivity index (χ1v) is 17.7. The average Bonchev–Trinajstić information content (AvgIpc) is 3.69. The number of rotatable bonds is 10. The predicted octanol–water partition coefficient (Wildman–Crippen LogP) is 9.50. The van der Waals surface area contributed by atoms with Crippen LogP contribution in [0.2, 0.25) is 0 Å². The lowest BCUT2D eigenvalue weighted by atomic mass is 9.77. The molecule has 7 heteroatoms. The molecule has 0 aliphatic heterocycles. The van der Waals surface area contributed by atoms with Crippen LogP contribution in [0.1, 0.15) is 49.4 Å². The number of carboxylic acid groups (broad SMARTS) is 1. The Labute approximate surface area is 308 Å². The zero-order chi connectivity index (χ0) is 36.4. The van der Waals surface area contributed by atoms with E-state index in [0.29, 0.717) is 28.7 Å². The molecule has 8 aromatic rings. The van der Waals surface area contributed by atoms with Crippen molar-refractivity contribution >= 4 is 16.9 Å². The molecule has 2 aromatic heterocycles. The van der Waals surface area contributed by atoms with E-state index in [0.717, 1.165) is 62.2 Å². The third-order valence-electron chi connectivity index (χ3n) is 10.1. The van der Waals surface area contributed by atoms with Crippen LogP contribution in [0.4, 0.5) is 0 Å². The van der Waals surface area contributed by atoms with Crippen LogP contribution < -0.4 is 0 Å². The van der Waals surface area contributed by atoms with Gasteiger partial charge in [0.1, 0.15) is 0 Å². The topological polar surface area (TPSA) is 93.8 Å². The number of carboxylic acids is 1. The second-order valence-electron chi connectivity index (χ2n) is 13.3. The van der Waals surface area contributed by atoms with E-state index in [-0.39, 0.29) is 0 Å². The minimum absolute atomic E-state index is 0.333. The van der Waals surface area contributed by atoms with Crippen molar-refractivity contribution in [3.63, 3.8) is 0 Å². The number of carbonyl (C=O) groups is 1. The van der Waals surface area contributed by atoms with Crippen molar-refractivity contribution in [3.05, 3.63) is 202 Å². The minimum atomic E-state index is -0.926. The smallest absolute Gasteiger partial charge is 0.336 e. The SMILES string of the molecule is Cc1ccc2nc(CCc3ccc(-c4ccccc4-c4nnn(C(c5ccccc5)(c5ccccc5)c5ccccc5)n4)cc3)c(C)c(C(=O)O)c2c1. The van der Waals surface area contributed by atoms with E-state index < -0.39 is 11.5 Å². The number of aromatic carboxylic acids is 1. The maximum Gasteiger partial charge on any atom is 0.336 e. The van der Waals surface area contributed by atoms with Gasteiger partial charge in [0, 0.05) is 16.6 Å². The summed E-state index contributed by atoms with van der Waals surface area (Å²) in [5.41, 5.74) is 9.82. The number of tetrazole rings is 1. The van der Waals surface area contributed by atoms with Crippen LogP contribution in [0, 0.1) is 13.8 Å². The van der Waals surface area contributed by atoms with Crippen molar-refractivity contribution in [2.24, 2.45) is 0 Å². The van der Waals surface area contributed by atoms with Gasteiger partial charge in [0.05, 0.1) is 11.1 Å². The number of aryl methyl sites for hydroxylation is 3. The number of hydrogen-bond acceptors (Lipinski definition) is 5. The maximum atomic E-state index is 12.3. The predicted molar refractivity (Wildman–Crippen MR) is 209 cm³/mol. The molecule has 6 aromatic carbocycles. The van der Waals surface area contributed by atoms with Gasteiger partial charge >= 0.3 is 5.97 Å². The van der Waals surface area contributed by atoms with Gasteiger partial charge in [0.15, 0.2) is 5.54 Å². The lowest BCUT2D eigenvalue weighted by Crippen LogP contribution is -2.39. The lowest BCUT2D eigenvalue weighted by Gasteiger charge is -2.34. The molecule has 0 amide bonds.